The smallest absolute Gasteiger partial charge is 0.254 e. The summed E-state index contributed by atoms with van der Waals surface area (Å²) in [5.74, 6) is -0.434. The van der Waals surface area contributed by atoms with Gasteiger partial charge in [-0.1, -0.05) is 24.3 Å². The lowest BCUT2D eigenvalue weighted by Crippen LogP contribution is -2.35. The number of carbonyl (C=O) groups is 2. The molecule has 0 atom stereocenters. The minimum atomic E-state index is -0.231. The molecule has 0 aliphatic carbocycles. The molecule has 1 N–H and O–H groups in total. The minimum Gasteiger partial charge on any atom is -0.380 e. The third kappa shape index (κ3) is 5.34. The molecule has 0 aliphatic heterocycles. The number of hydrogen-bond acceptors (Lipinski definition) is 4. The van der Waals surface area contributed by atoms with Gasteiger partial charge in [-0.3, -0.25) is 9.59 Å². The highest BCUT2D eigenvalue weighted by Crippen LogP contribution is 2.24. The standard InChI is InChI=1S/C19H22N2O3S/c1-21(19(23)15-8-6-7-14(11-15)13-24-2)12-18(22)20-16-9-4-5-10-17(16)25-3/h4-11H,12-13H2,1-3H3,(H,20,22). The summed E-state index contributed by atoms with van der Waals surface area (Å²) in [4.78, 5) is 27.2. The third-order valence-corrected chi connectivity index (χ3v) is 4.39. The molecule has 0 bridgehead atoms. The fourth-order valence-corrected chi connectivity index (χ4v) is 2.96. The van der Waals surface area contributed by atoms with Gasteiger partial charge in [0.1, 0.15) is 0 Å². The fraction of sp³-hybridized carbons (Fsp3) is 0.263. The Hall–Kier alpha value is -2.31. The van der Waals surface area contributed by atoms with Crippen molar-refractivity contribution in [2.45, 2.75) is 11.5 Å². The maximum Gasteiger partial charge on any atom is 0.254 e. The van der Waals surface area contributed by atoms with E-state index in [1.165, 1.54) is 4.90 Å². The molecule has 0 heterocycles. The van der Waals surface area contributed by atoms with Crippen LogP contribution in [0.5, 0.6) is 0 Å². The van der Waals surface area contributed by atoms with E-state index in [1.54, 1.807) is 38.1 Å². The number of anilines is 1. The minimum absolute atomic E-state index is 0.0178. The van der Waals surface area contributed by atoms with Crippen molar-refractivity contribution in [3.63, 3.8) is 0 Å². The van der Waals surface area contributed by atoms with Crippen LogP contribution in [-0.2, 0) is 16.1 Å². The number of nitrogens with one attached hydrogen (secondary N) is 1. The lowest BCUT2D eigenvalue weighted by molar-refractivity contribution is -0.116. The number of ether oxygens (including phenoxy) is 1. The number of para-hydroxylation sites is 1. The van der Waals surface area contributed by atoms with Crippen LogP contribution in [0.25, 0.3) is 0 Å². The summed E-state index contributed by atoms with van der Waals surface area (Å²) in [5.41, 5.74) is 2.21. The topological polar surface area (TPSA) is 58.6 Å². The third-order valence-electron chi connectivity index (χ3n) is 3.59. The number of amides is 2. The van der Waals surface area contributed by atoms with Crippen molar-refractivity contribution in [2.75, 3.05) is 32.3 Å². The van der Waals surface area contributed by atoms with Crippen molar-refractivity contribution in [3.8, 4) is 0 Å². The Balaban J connectivity index is 2.00. The number of likely N-dealkylation sites (N-methyl/N-ethyl adjacent to an activating group) is 1. The molecule has 2 amide bonds. The molecular weight excluding hydrogens is 336 g/mol. The van der Waals surface area contributed by atoms with Gasteiger partial charge in [0.15, 0.2) is 0 Å². The molecule has 5 nitrogen and oxygen atoms in total. The Labute approximate surface area is 152 Å². The zero-order valence-electron chi connectivity index (χ0n) is 14.6. The van der Waals surface area contributed by atoms with Gasteiger partial charge in [0.25, 0.3) is 5.91 Å². The first-order valence-electron chi connectivity index (χ1n) is 7.81. The molecule has 132 valence electrons. The highest BCUT2D eigenvalue weighted by atomic mass is 32.2. The van der Waals surface area contributed by atoms with Gasteiger partial charge in [-0.25, -0.2) is 0 Å². The van der Waals surface area contributed by atoms with Crippen LogP contribution in [0.4, 0.5) is 5.69 Å². The van der Waals surface area contributed by atoms with Crippen molar-refractivity contribution in [2.24, 2.45) is 0 Å². The maximum absolute atomic E-state index is 12.5. The van der Waals surface area contributed by atoms with E-state index < -0.39 is 0 Å². The summed E-state index contributed by atoms with van der Waals surface area (Å²) in [6.07, 6.45) is 1.95. The SMILES string of the molecule is COCc1cccc(C(=O)N(C)CC(=O)Nc2ccccc2SC)c1. The van der Waals surface area contributed by atoms with E-state index >= 15 is 0 Å². The van der Waals surface area contributed by atoms with Crippen molar-refractivity contribution >= 4 is 29.3 Å². The first-order chi connectivity index (χ1) is 12.0. The van der Waals surface area contributed by atoms with Crippen LogP contribution in [0.2, 0.25) is 0 Å². The number of thioether (sulfide) groups is 1. The molecule has 0 fully saturated rings. The predicted octanol–water partition coefficient (Wildman–Crippen LogP) is 3.27. The molecule has 25 heavy (non-hydrogen) atoms. The molecule has 0 aromatic heterocycles. The molecule has 0 unspecified atom stereocenters. The van der Waals surface area contributed by atoms with Gasteiger partial charge in [0.05, 0.1) is 18.8 Å². The maximum atomic E-state index is 12.5. The van der Waals surface area contributed by atoms with Crippen molar-refractivity contribution in [1.82, 2.24) is 4.90 Å². The van der Waals surface area contributed by atoms with Gasteiger partial charge in [-0.15, -0.1) is 11.8 Å². The number of benzene rings is 2. The van der Waals surface area contributed by atoms with Crippen LogP contribution >= 0.6 is 11.8 Å². The van der Waals surface area contributed by atoms with Gasteiger partial charge in [0.2, 0.25) is 5.91 Å². The monoisotopic (exact) mass is 358 g/mol. The molecule has 0 radical (unpaired) electrons. The lowest BCUT2D eigenvalue weighted by Gasteiger charge is -2.18. The molecular formula is C19H22N2O3S. The van der Waals surface area contributed by atoms with Crippen LogP contribution in [0, 0.1) is 0 Å². The van der Waals surface area contributed by atoms with E-state index in [0.717, 1.165) is 16.1 Å². The predicted molar refractivity (Wildman–Crippen MR) is 101 cm³/mol. The molecule has 2 rings (SSSR count). The van der Waals surface area contributed by atoms with Gasteiger partial charge < -0.3 is 15.0 Å². The van der Waals surface area contributed by atoms with Gasteiger partial charge in [0, 0.05) is 24.6 Å². The summed E-state index contributed by atoms with van der Waals surface area (Å²) >= 11 is 1.56. The van der Waals surface area contributed by atoms with Crippen molar-refractivity contribution < 1.29 is 14.3 Å². The summed E-state index contributed by atoms with van der Waals surface area (Å²) in [7, 11) is 3.22. The zero-order chi connectivity index (χ0) is 18.2. The van der Waals surface area contributed by atoms with Gasteiger partial charge in [-0.2, -0.15) is 0 Å². The lowest BCUT2D eigenvalue weighted by atomic mass is 10.1. The second-order valence-electron chi connectivity index (χ2n) is 5.54. The van der Waals surface area contributed by atoms with Crippen LogP contribution in [0.1, 0.15) is 15.9 Å². The average molecular weight is 358 g/mol. The first kappa shape index (κ1) is 19.0. The Morgan fingerprint density at radius 1 is 1.16 bits per heavy atom. The summed E-state index contributed by atoms with van der Waals surface area (Å²) < 4.78 is 5.08. The van der Waals surface area contributed by atoms with E-state index in [1.807, 2.05) is 42.7 Å². The fourth-order valence-electron chi connectivity index (χ4n) is 2.41. The molecule has 0 aliphatic rings. The van der Waals surface area contributed by atoms with Gasteiger partial charge >= 0.3 is 0 Å². The quantitative estimate of drug-likeness (QED) is 0.772. The van der Waals surface area contributed by atoms with E-state index in [4.69, 9.17) is 4.74 Å². The molecule has 6 heteroatoms. The molecule has 0 saturated carbocycles. The number of nitrogens with zero attached hydrogens (tertiary/aromatic N) is 1. The summed E-state index contributed by atoms with van der Waals surface area (Å²) in [6.45, 7) is 0.423. The van der Waals surface area contributed by atoms with E-state index in [0.29, 0.717) is 12.2 Å². The average Bonchev–Trinajstić information content (AvgIpc) is 2.62. The van der Waals surface area contributed by atoms with E-state index in [2.05, 4.69) is 5.32 Å². The summed E-state index contributed by atoms with van der Waals surface area (Å²) in [6, 6.07) is 14.8. The normalized spacial score (nSPS) is 10.4. The first-order valence-corrected chi connectivity index (χ1v) is 9.04. The Morgan fingerprint density at radius 3 is 2.64 bits per heavy atom. The number of methoxy groups -OCH3 is 1. The zero-order valence-corrected chi connectivity index (χ0v) is 15.4. The van der Waals surface area contributed by atoms with Crippen LogP contribution in [0.15, 0.2) is 53.4 Å². The summed E-state index contributed by atoms with van der Waals surface area (Å²) in [5, 5.41) is 2.86. The molecule has 0 spiro atoms. The Morgan fingerprint density at radius 2 is 1.92 bits per heavy atom. The Bertz CT molecular complexity index is 749. The number of carbonyl (C=O) groups excluding carboxylic acids is 2. The molecule has 2 aromatic rings. The molecule has 2 aromatic carbocycles. The van der Waals surface area contributed by atoms with Crippen LogP contribution in [0.3, 0.4) is 0 Å². The second-order valence-corrected chi connectivity index (χ2v) is 6.39. The number of hydrogen-bond donors (Lipinski definition) is 1. The van der Waals surface area contributed by atoms with Crippen molar-refractivity contribution in [3.05, 3.63) is 59.7 Å². The second kappa shape index (κ2) is 9.25. The van der Waals surface area contributed by atoms with Gasteiger partial charge in [-0.05, 0) is 36.1 Å². The van der Waals surface area contributed by atoms with E-state index in [9.17, 15) is 9.59 Å². The Kier molecular flexibility index (Phi) is 7.03. The van der Waals surface area contributed by atoms with Crippen LogP contribution in [-0.4, -0.2) is 43.7 Å². The highest BCUT2D eigenvalue weighted by molar-refractivity contribution is 7.98. The molecule has 0 saturated heterocycles. The largest absolute Gasteiger partial charge is 0.380 e. The van der Waals surface area contributed by atoms with E-state index in [-0.39, 0.29) is 18.4 Å². The number of rotatable bonds is 7. The van der Waals surface area contributed by atoms with Crippen LogP contribution < -0.4 is 5.32 Å². The highest BCUT2D eigenvalue weighted by Gasteiger charge is 2.16. The van der Waals surface area contributed by atoms with Crippen molar-refractivity contribution in [1.29, 1.82) is 0 Å².